The van der Waals surface area contributed by atoms with Crippen LogP contribution in [-0.2, 0) is 13.6 Å². The second kappa shape index (κ2) is 5.49. The fourth-order valence-corrected chi connectivity index (χ4v) is 2.85. The molecule has 1 aromatic carbocycles. The summed E-state index contributed by atoms with van der Waals surface area (Å²) in [6.45, 7) is 0.355. The summed E-state index contributed by atoms with van der Waals surface area (Å²) >= 11 is 1.55. The topological polar surface area (TPSA) is 64.0 Å². The Morgan fingerprint density at radius 2 is 2.14 bits per heavy atom. The number of fused-ring (bicyclic) bond motifs is 1. The number of nitrogens with one attached hydrogen (secondary N) is 1. The third-order valence-corrected chi connectivity index (χ3v) is 4.14. The monoisotopic (exact) mass is 299 g/mol. The van der Waals surface area contributed by atoms with Crippen molar-refractivity contribution in [3.05, 3.63) is 63.5 Å². The SMILES string of the molecule is Cn1ccc(C(=O)NCc2nc3ccccc3s2)cc1=O. The van der Waals surface area contributed by atoms with E-state index in [9.17, 15) is 9.59 Å². The van der Waals surface area contributed by atoms with Gasteiger partial charge in [-0.15, -0.1) is 11.3 Å². The summed E-state index contributed by atoms with van der Waals surface area (Å²) < 4.78 is 2.51. The molecule has 3 aromatic rings. The molecule has 6 heteroatoms. The van der Waals surface area contributed by atoms with E-state index in [1.807, 2.05) is 24.3 Å². The van der Waals surface area contributed by atoms with E-state index in [0.717, 1.165) is 15.2 Å². The highest BCUT2D eigenvalue weighted by molar-refractivity contribution is 7.18. The molecule has 0 aliphatic carbocycles. The van der Waals surface area contributed by atoms with Gasteiger partial charge in [-0.3, -0.25) is 9.59 Å². The van der Waals surface area contributed by atoms with E-state index in [0.29, 0.717) is 12.1 Å². The largest absolute Gasteiger partial charge is 0.346 e. The van der Waals surface area contributed by atoms with Crippen molar-refractivity contribution in [1.29, 1.82) is 0 Å². The van der Waals surface area contributed by atoms with Crippen LogP contribution in [0.5, 0.6) is 0 Å². The van der Waals surface area contributed by atoms with Crippen LogP contribution >= 0.6 is 11.3 Å². The molecule has 0 atom stereocenters. The lowest BCUT2D eigenvalue weighted by Crippen LogP contribution is -2.25. The van der Waals surface area contributed by atoms with E-state index in [2.05, 4.69) is 10.3 Å². The maximum atomic E-state index is 12.0. The average Bonchev–Trinajstić information content (AvgIpc) is 2.90. The highest BCUT2D eigenvalue weighted by Crippen LogP contribution is 2.21. The first-order chi connectivity index (χ1) is 10.1. The number of nitrogens with zero attached hydrogens (tertiary/aromatic N) is 2. The van der Waals surface area contributed by atoms with Crippen LogP contribution in [0.25, 0.3) is 10.2 Å². The molecule has 2 heterocycles. The van der Waals surface area contributed by atoms with E-state index >= 15 is 0 Å². The van der Waals surface area contributed by atoms with E-state index in [-0.39, 0.29) is 11.5 Å². The molecule has 106 valence electrons. The van der Waals surface area contributed by atoms with Gasteiger partial charge in [0.25, 0.3) is 11.5 Å². The van der Waals surface area contributed by atoms with Crippen molar-refractivity contribution in [2.75, 3.05) is 0 Å². The number of thiazole rings is 1. The van der Waals surface area contributed by atoms with Gasteiger partial charge in [-0.2, -0.15) is 0 Å². The molecule has 2 aromatic heterocycles. The Kier molecular flexibility index (Phi) is 3.53. The highest BCUT2D eigenvalue weighted by atomic mass is 32.1. The summed E-state index contributed by atoms with van der Waals surface area (Å²) in [6, 6.07) is 10.8. The predicted octanol–water partition coefficient (Wildman–Crippen LogP) is 1.93. The summed E-state index contributed by atoms with van der Waals surface area (Å²) in [5, 5.41) is 3.62. The standard InChI is InChI=1S/C15H13N3O2S/c1-18-7-6-10(8-14(18)19)15(20)16-9-13-17-11-4-2-3-5-12(11)21-13/h2-8H,9H2,1H3,(H,16,20). The number of aryl methyl sites for hydroxylation is 1. The second-order valence-electron chi connectivity index (χ2n) is 4.62. The normalized spacial score (nSPS) is 10.7. The Balaban J connectivity index is 1.73. The molecule has 1 amide bonds. The van der Waals surface area contributed by atoms with Gasteiger partial charge in [0.2, 0.25) is 0 Å². The highest BCUT2D eigenvalue weighted by Gasteiger charge is 2.08. The summed E-state index contributed by atoms with van der Waals surface area (Å²) in [7, 11) is 1.64. The zero-order chi connectivity index (χ0) is 14.8. The molecule has 0 saturated heterocycles. The van der Waals surface area contributed by atoms with Crippen molar-refractivity contribution in [3.63, 3.8) is 0 Å². The number of rotatable bonds is 3. The van der Waals surface area contributed by atoms with Crippen LogP contribution in [0.15, 0.2) is 47.4 Å². The number of para-hydroxylation sites is 1. The molecular weight excluding hydrogens is 286 g/mol. The second-order valence-corrected chi connectivity index (χ2v) is 5.74. The maximum absolute atomic E-state index is 12.0. The molecule has 0 bridgehead atoms. The first-order valence-electron chi connectivity index (χ1n) is 6.43. The summed E-state index contributed by atoms with van der Waals surface area (Å²) in [5.74, 6) is -0.271. The molecule has 0 aliphatic heterocycles. The van der Waals surface area contributed by atoms with Crippen LogP contribution in [-0.4, -0.2) is 15.5 Å². The minimum absolute atomic E-state index is 0.206. The molecule has 5 nitrogen and oxygen atoms in total. The molecule has 0 radical (unpaired) electrons. The molecular formula is C15H13N3O2S. The first kappa shape index (κ1) is 13.5. The third kappa shape index (κ3) is 2.85. The number of benzene rings is 1. The fraction of sp³-hybridized carbons (Fsp3) is 0.133. The van der Waals surface area contributed by atoms with Gasteiger partial charge in [0.05, 0.1) is 16.8 Å². The van der Waals surface area contributed by atoms with Gasteiger partial charge in [-0.25, -0.2) is 4.98 Å². The summed E-state index contributed by atoms with van der Waals surface area (Å²) in [4.78, 5) is 28.0. The van der Waals surface area contributed by atoms with Gasteiger partial charge in [0.15, 0.2) is 0 Å². The quantitative estimate of drug-likeness (QED) is 0.803. The van der Waals surface area contributed by atoms with E-state index in [1.54, 1.807) is 30.6 Å². The van der Waals surface area contributed by atoms with Gasteiger partial charge in [0.1, 0.15) is 5.01 Å². The Morgan fingerprint density at radius 3 is 2.90 bits per heavy atom. The Bertz CT molecular complexity index is 833. The van der Waals surface area contributed by atoms with Crippen molar-refractivity contribution in [2.45, 2.75) is 6.54 Å². The van der Waals surface area contributed by atoms with E-state index in [1.165, 1.54) is 10.6 Å². The maximum Gasteiger partial charge on any atom is 0.251 e. The van der Waals surface area contributed by atoms with Crippen LogP contribution in [0, 0.1) is 0 Å². The molecule has 0 fully saturated rings. The van der Waals surface area contributed by atoms with Crippen molar-refractivity contribution in [3.8, 4) is 0 Å². The number of amides is 1. The third-order valence-electron chi connectivity index (χ3n) is 3.10. The van der Waals surface area contributed by atoms with Crippen LogP contribution < -0.4 is 10.9 Å². The lowest BCUT2D eigenvalue weighted by molar-refractivity contribution is 0.0950. The molecule has 0 spiro atoms. The van der Waals surface area contributed by atoms with Crippen molar-refractivity contribution >= 4 is 27.5 Å². The number of hydrogen-bond donors (Lipinski definition) is 1. The van der Waals surface area contributed by atoms with Gasteiger partial charge in [0, 0.05) is 24.9 Å². The van der Waals surface area contributed by atoms with Crippen LogP contribution in [0.4, 0.5) is 0 Å². The molecule has 0 saturated carbocycles. The Hall–Kier alpha value is -2.47. The molecule has 1 N–H and O–H groups in total. The molecule has 21 heavy (non-hydrogen) atoms. The molecule has 3 rings (SSSR count). The van der Waals surface area contributed by atoms with Crippen molar-refractivity contribution < 1.29 is 4.79 Å². The smallest absolute Gasteiger partial charge is 0.251 e. The van der Waals surface area contributed by atoms with Crippen LogP contribution in [0.2, 0.25) is 0 Å². The lowest BCUT2D eigenvalue weighted by Gasteiger charge is -2.03. The number of pyridine rings is 1. The zero-order valence-corrected chi connectivity index (χ0v) is 12.2. The number of carbonyl (C=O) groups is 1. The molecule has 0 aliphatic rings. The van der Waals surface area contributed by atoms with Crippen molar-refractivity contribution in [1.82, 2.24) is 14.9 Å². The van der Waals surface area contributed by atoms with Crippen LogP contribution in [0.3, 0.4) is 0 Å². The number of carbonyl (C=O) groups excluding carboxylic acids is 1. The Morgan fingerprint density at radius 1 is 1.33 bits per heavy atom. The van der Waals surface area contributed by atoms with E-state index < -0.39 is 0 Å². The lowest BCUT2D eigenvalue weighted by atomic mass is 10.2. The van der Waals surface area contributed by atoms with Gasteiger partial charge in [-0.05, 0) is 18.2 Å². The molecule has 0 unspecified atom stereocenters. The van der Waals surface area contributed by atoms with Gasteiger partial charge >= 0.3 is 0 Å². The summed E-state index contributed by atoms with van der Waals surface area (Å²) in [6.07, 6.45) is 1.58. The number of aromatic nitrogens is 2. The zero-order valence-electron chi connectivity index (χ0n) is 11.4. The minimum atomic E-state index is -0.271. The predicted molar refractivity (Wildman–Crippen MR) is 82.5 cm³/mol. The number of hydrogen-bond acceptors (Lipinski definition) is 4. The Labute approximate surface area is 124 Å². The first-order valence-corrected chi connectivity index (χ1v) is 7.24. The van der Waals surface area contributed by atoms with Crippen LogP contribution in [0.1, 0.15) is 15.4 Å². The van der Waals surface area contributed by atoms with Crippen molar-refractivity contribution in [2.24, 2.45) is 7.05 Å². The van der Waals surface area contributed by atoms with Gasteiger partial charge < -0.3 is 9.88 Å². The summed E-state index contributed by atoms with van der Waals surface area (Å²) in [5.41, 5.74) is 1.09. The van der Waals surface area contributed by atoms with Gasteiger partial charge in [-0.1, -0.05) is 12.1 Å². The van der Waals surface area contributed by atoms with E-state index in [4.69, 9.17) is 0 Å². The fourth-order valence-electron chi connectivity index (χ4n) is 1.94. The minimum Gasteiger partial charge on any atom is -0.346 e. The average molecular weight is 299 g/mol.